The van der Waals surface area contributed by atoms with Crippen molar-refractivity contribution in [1.82, 2.24) is 9.29 Å². The van der Waals surface area contributed by atoms with Crippen LogP contribution in [0, 0.1) is 6.92 Å². The molecule has 0 fully saturated rings. The average Bonchev–Trinajstić information content (AvgIpc) is 3.11. The van der Waals surface area contributed by atoms with Crippen LogP contribution in [0.15, 0.2) is 47.4 Å². The molecule has 1 unspecified atom stereocenters. The number of amides is 1. The van der Waals surface area contributed by atoms with Crippen molar-refractivity contribution in [2.45, 2.75) is 38.7 Å². The average molecular weight is 492 g/mol. The summed E-state index contributed by atoms with van der Waals surface area (Å²) in [6, 6.07) is 11.4. The van der Waals surface area contributed by atoms with E-state index < -0.39 is 28.0 Å². The Morgan fingerprint density at radius 1 is 1.15 bits per heavy atom. The van der Waals surface area contributed by atoms with E-state index in [0.29, 0.717) is 29.7 Å². The van der Waals surface area contributed by atoms with E-state index in [0.717, 1.165) is 5.52 Å². The van der Waals surface area contributed by atoms with Crippen molar-refractivity contribution >= 4 is 50.1 Å². The zero-order valence-corrected chi connectivity index (χ0v) is 20.4. The maximum absolute atomic E-state index is 12.8. The van der Waals surface area contributed by atoms with Crippen molar-refractivity contribution in [1.29, 1.82) is 0 Å². The first-order valence-corrected chi connectivity index (χ1v) is 12.3. The normalized spacial score (nSPS) is 12.7. The third kappa shape index (κ3) is 5.05. The number of H-pyrrole nitrogens is 1. The molecule has 2 aromatic carbocycles. The molecule has 0 aliphatic carbocycles. The van der Waals surface area contributed by atoms with Crippen LogP contribution in [0.1, 0.15) is 36.8 Å². The summed E-state index contributed by atoms with van der Waals surface area (Å²) in [5.41, 5.74) is 1.89. The molecule has 0 bridgehead atoms. The molecule has 3 aromatic rings. The predicted octanol–water partition coefficient (Wildman–Crippen LogP) is 4.34. The van der Waals surface area contributed by atoms with Crippen LogP contribution < -0.4 is 5.32 Å². The van der Waals surface area contributed by atoms with Gasteiger partial charge in [-0.15, -0.1) is 0 Å². The zero-order chi connectivity index (χ0) is 24.3. The number of esters is 1. The zero-order valence-electron chi connectivity index (χ0n) is 18.8. The number of carbonyl (C=O) groups excluding carboxylic acids is 2. The second kappa shape index (κ2) is 9.94. The molecule has 1 aromatic heterocycles. The Labute approximate surface area is 197 Å². The molecule has 33 heavy (non-hydrogen) atoms. The maximum Gasteiger partial charge on any atom is 0.341 e. The number of benzene rings is 2. The van der Waals surface area contributed by atoms with Gasteiger partial charge >= 0.3 is 5.97 Å². The van der Waals surface area contributed by atoms with Crippen LogP contribution in [-0.4, -0.2) is 48.8 Å². The van der Waals surface area contributed by atoms with Crippen molar-refractivity contribution in [3.05, 3.63) is 58.7 Å². The van der Waals surface area contributed by atoms with Crippen LogP contribution in [0.4, 0.5) is 5.69 Å². The molecule has 3 rings (SSSR count). The molecule has 0 aliphatic heterocycles. The largest absolute Gasteiger partial charge is 0.449 e. The number of aromatic amines is 1. The fraction of sp³-hybridized carbons (Fsp3) is 0.304. The monoisotopic (exact) mass is 491 g/mol. The number of aryl methyl sites for hydroxylation is 1. The van der Waals surface area contributed by atoms with Gasteiger partial charge in [-0.2, -0.15) is 4.31 Å². The van der Waals surface area contributed by atoms with E-state index in [1.54, 1.807) is 26.8 Å². The van der Waals surface area contributed by atoms with E-state index >= 15 is 0 Å². The summed E-state index contributed by atoms with van der Waals surface area (Å²) in [7, 11) is -3.74. The van der Waals surface area contributed by atoms with Crippen molar-refractivity contribution in [3.8, 4) is 0 Å². The number of sulfonamides is 1. The topological polar surface area (TPSA) is 109 Å². The molecule has 0 radical (unpaired) electrons. The van der Waals surface area contributed by atoms with Crippen LogP contribution in [0.3, 0.4) is 0 Å². The molecule has 1 heterocycles. The number of hydrogen-bond donors (Lipinski definition) is 2. The van der Waals surface area contributed by atoms with Gasteiger partial charge in [-0.05, 0) is 38.1 Å². The fourth-order valence-electron chi connectivity index (χ4n) is 3.52. The Balaban J connectivity index is 1.78. The van der Waals surface area contributed by atoms with Gasteiger partial charge in [0.15, 0.2) is 6.10 Å². The van der Waals surface area contributed by atoms with Gasteiger partial charge in [0.25, 0.3) is 5.91 Å². The van der Waals surface area contributed by atoms with E-state index in [-0.39, 0.29) is 15.6 Å². The van der Waals surface area contributed by atoms with Crippen molar-refractivity contribution in [2.75, 3.05) is 18.4 Å². The number of aromatic nitrogens is 1. The highest BCUT2D eigenvalue weighted by molar-refractivity contribution is 7.89. The first-order chi connectivity index (χ1) is 15.6. The number of rotatable bonds is 8. The number of carbonyl (C=O) groups is 2. The Morgan fingerprint density at radius 3 is 2.48 bits per heavy atom. The number of ether oxygens (including phenoxy) is 1. The quantitative estimate of drug-likeness (QED) is 0.455. The number of nitrogens with zero attached hydrogens (tertiary/aromatic N) is 1. The minimum absolute atomic E-state index is 0.00460. The van der Waals surface area contributed by atoms with E-state index in [1.165, 1.54) is 29.4 Å². The van der Waals surface area contributed by atoms with Crippen LogP contribution in [0.5, 0.6) is 0 Å². The third-order valence-electron chi connectivity index (χ3n) is 5.29. The van der Waals surface area contributed by atoms with Gasteiger partial charge in [0.1, 0.15) is 0 Å². The van der Waals surface area contributed by atoms with Gasteiger partial charge in [0.2, 0.25) is 10.0 Å². The lowest BCUT2D eigenvalue weighted by Gasteiger charge is -2.19. The Hall–Kier alpha value is -2.88. The lowest BCUT2D eigenvalue weighted by Crippen LogP contribution is -2.31. The molecule has 1 atom stereocenters. The fourth-order valence-corrected chi connectivity index (χ4v) is 5.17. The highest BCUT2D eigenvalue weighted by Crippen LogP contribution is 2.28. The molecule has 1 amide bonds. The molecule has 0 spiro atoms. The van der Waals surface area contributed by atoms with Gasteiger partial charge in [0.05, 0.1) is 21.2 Å². The first-order valence-electron chi connectivity index (χ1n) is 10.5. The number of halogens is 1. The van der Waals surface area contributed by atoms with Crippen LogP contribution >= 0.6 is 11.6 Å². The second-order valence-corrected chi connectivity index (χ2v) is 9.78. The van der Waals surface area contributed by atoms with Crippen LogP contribution in [0.25, 0.3) is 10.9 Å². The number of anilines is 1. The summed E-state index contributed by atoms with van der Waals surface area (Å²) in [5, 5.41) is 3.42. The highest BCUT2D eigenvalue weighted by atomic mass is 35.5. The molecule has 10 heteroatoms. The highest BCUT2D eigenvalue weighted by Gasteiger charge is 2.25. The van der Waals surface area contributed by atoms with Crippen molar-refractivity contribution in [2.24, 2.45) is 0 Å². The SMILES string of the molecule is CCN(CC)S(=O)(=O)c1ccc(Cl)c(NC(=O)C(C)OC(=O)c2c(C)[nH]c3ccccc23)c1. The van der Waals surface area contributed by atoms with E-state index in [9.17, 15) is 18.0 Å². The minimum atomic E-state index is -3.74. The molecular formula is C23H26ClN3O5S. The summed E-state index contributed by atoms with van der Waals surface area (Å²) in [6.07, 6.45) is -1.15. The molecule has 0 aliphatic rings. The van der Waals surface area contributed by atoms with E-state index in [4.69, 9.17) is 16.3 Å². The van der Waals surface area contributed by atoms with Crippen LogP contribution in [0.2, 0.25) is 5.02 Å². The van der Waals surface area contributed by atoms with Gasteiger partial charge in [-0.25, -0.2) is 13.2 Å². The summed E-state index contributed by atoms with van der Waals surface area (Å²) < 4.78 is 32.3. The number of hydrogen-bond acceptors (Lipinski definition) is 5. The Morgan fingerprint density at radius 2 is 1.82 bits per heavy atom. The number of para-hydroxylation sites is 1. The molecular weight excluding hydrogens is 466 g/mol. The first kappa shape index (κ1) is 24.8. The number of nitrogens with one attached hydrogen (secondary N) is 2. The van der Waals surface area contributed by atoms with Crippen molar-refractivity contribution < 1.29 is 22.7 Å². The van der Waals surface area contributed by atoms with Gasteiger partial charge in [-0.1, -0.05) is 43.6 Å². The summed E-state index contributed by atoms with van der Waals surface area (Å²) in [5.74, 6) is -1.28. The van der Waals surface area contributed by atoms with E-state index in [2.05, 4.69) is 10.3 Å². The Bertz CT molecular complexity index is 1300. The summed E-state index contributed by atoms with van der Waals surface area (Å²) >= 11 is 6.18. The molecule has 0 saturated carbocycles. The predicted molar refractivity (Wildman–Crippen MR) is 128 cm³/mol. The number of fused-ring (bicyclic) bond motifs is 1. The molecule has 0 saturated heterocycles. The van der Waals surface area contributed by atoms with Crippen LogP contribution in [-0.2, 0) is 19.6 Å². The van der Waals surface area contributed by atoms with E-state index in [1.807, 2.05) is 18.2 Å². The lowest BCUT2D eigenvalue weighted by atomic mass is 10.1. The Kier molecular flexibility index (Phi) is 7.46. The molecule has 8 nitrogen and oxygen atoms in total. The van der Waals surface area contributed by atoms with Gasteiger partial charge < -0.3 is 15.0 Å². The van der Waals surface area contributed by atoms with Crippen molar-refractivity contribution in [3.63, 3.8) is 0 Å². The maximum atomic E-state index is 12.8. The van der Waals surface area contributed by atoms with Gasteiger partial charge in [-0.3, -0.25) is 4.79 Å². The summed E-state index contributed by atoms with van der Waals surface area (Å²) in [6.45, 7) is 7.29. The smallest absolute Gasteiger partial charge is 0.341 e. The lowest BCUT2D eigenvalue weighted by molar-refractivity contribution is -0.123. The molecule has 2 N–H and O–H groups in total. The second-order valence-electron chi connectivity index (χ2n) is 7.44. The third-order valence-corrected chi connectivity index (χ3v) is 7.67. The summed E-state index contributed by atoms with van der Waals surface area (Å²) in [4.78, 5) is 28.6. The minimum Gasteiger partial charge on any atom is -0.449 e. The van der Waals surface area contributed by atoms with Gasteiger partial charge in [0, 0.05) is 29.7 Å². The standard InChI is InChI=1S/C23H26ClN3O5S/c1-5-27(6-2)33(30,31)16-11-12-18(24)20(13-16)26-22(28)15(4)32-23(29)21-14(3)25-19-10-8-7-9-17(19)21/h7-13,15,25H,5-6H2,1-4H3,(H,26,28). The molecule has 176 valence electrons.